The van der Waals surface area contributed by atoms with Crippen molar-refractivity contribution in [1.29, 1.82) is 0 Å². The SMILES string of the molecule is COc1cccc(-c2ccc(C3C(C)(C)OC(=NC(CCO)c4ccccc4F)NS3(=O)=O)cc2)c1. The predicted octanol–water partition coefficient (Wildman–Crippen LogP) is 4.75. The molecule has 3 aromatic rings. The van der Waals surface area contributed by atoms with Crippen LogP contribution in [0, 0.1) is 5.82 Å². The second-order valence-electron chi connectivity index (χ2n) is 9.07. The van der Waals surface area contributed by atoms with Crippen LogP contribution in [0.5, 0.6) is 5.75 Å². The molecule has 36 heavy (non-hydrogen) atoms. The van der Waals surface area contributed by atoms with Crippen molar-refractivity contribution in [2.45, 2.75) is 37.2 Å². The van der Waals surface area contributed by atoms with Crippen LogP contribution in [0.3, 0.4) is 0 Å². The minimum absolute atomic E-state index is 0.102. The first-order chi connectivity index (χ1) is 17.1. The number of methoxy groups -OCH3 is 1. The number of halogens is 1. The van der Waals surface area contributed by atoms with Crippen LogP contribution in [-0.4, -0.2) is 38.9 Å². The van der Waals surface area contributed by atoms with Crippen molar-refractivity contribution in [1.82, 2.24) is 4.72 Å². The molecule has 1 heterocycles. The summed E-state index contributed by atoms with van der Waals surface area (Å²) in [5, 5.41) is 8.45. The number of hydrogen-bond donors (Lipinski definition) is 2. The molecule has 0 radical (unpaired) electrons. The summed E-state index contributed by atoms with van der Waals surface area (Å²) in [6.45, 7) is 3.09. The second kappa shape index (κ2) is 10.3. The van der Waals surface area contributed by atoms with Gasteiger partial charge in [0.05, 0.1) is 13.2 Å². The number of aliphatic hydroxyl groups is 1. The van der Waals surface area contributed by atoms with Crippen molar-refractivity contribution < 1.29 is 27.4 Å². The zero-order chi connectivity index (χ0) is 25.9. The number of rotatable bonds is 7. The van der Waals surface area contributed by atoms with Crippen molar-refractivity contribution in [3.8, 4) is 16.9 Å². The van der Waals surface area contributed by atoms with Gasteiger partial charge in [-0.3, -0.25) is 0 Å². The van der Waals surface area contributed by atoms with Gasteiger partial charge >= 0.3 is 0 Å². The number of nitrogens with one attached hydrogen (secondary N) is 1. The van der Waals surface area contributed by atoms with E-state index in [0.29, 0.717) is 5.56 Å². The van der Waals surface area contributed by atoms with Gasteiger partial charge in [0, 0.05) is 12.2 Å². The minimum Gasteiger partial charge on any atom is -0.497 e. The summed E-state index contributed by atoms with van der Waals surface area (Å²) in [5.74, 6) is 0.235. The Labute approximate surface area is 210 Å². The van der Waals surface area contributed by atoms with E-state index >= 15 is 0 Å². The summed E-state index contributed by atoms with van der Waals surface area (Å²) in [6.07, 6.45) is 0.102. The smallest absolute Gasteiger partial charge is 0.299 e. The average Bonchev–Trinajstić information content (AvgIpc) is 2.83. The van der Waals surface area contributed by atoms with Gasteiger partial charge in [0.25, 0.3) is 6.02 Å². The van der Waals surface area contributed by atoms with E-state index < -0.39 is 32.7 Å². The summed E-state index contributed by atoms with van der Waals surface area (Å²) in [4.78, 5) is 4.34. The third-order valence-corrected chi connectivity index (χ3v) is 8.01. The summed E-state index contributed by atoms with van der Waals surface area (Å²) < 4.78 is 54.8. The van der Waals surface area contributed by atoms with Gasteiger partial charge in [0.1, 0.15) is 22.4 Å². The van der Waals surface area contributed by atoms with Crippen molar-refractivity contribution in [2.24, 2.45) is 4.99 Å². The summed E-state index contributed by atoms with van der Waals surface area (Å²) in [6, 6.07) is 19.8. The lowest BCUT2D eigenvalue weighted by atomic mass is 9.95. The first-order valence-electron chi connectivity index (χ1n) is 11.5. The Balaban J connectivity index is 1.63. The molecule has 2 unspecified atom stereocenters. The van der Waals surface area contributed by atoms with Gasteiger partial charge in [-0.2, -0.15) is 0 Å². The van der Waals surface area contributed by atoms with Crippen molar-refractivity contribution in [2.75, 3.05) is 13.7 Å². The van der Waals surface area contributed by atoms with Crippen molar-refractivity contribution in [3.63, 3.8) is 0 Å². The summed E-state index contributed by atoms with van der Waals surface area (Å²) in [7, 11) is -2.35. The van der Waals surface area contributed by atoms with Gasteiger partial charge in [-0.15, -0.1) is 0 Å². The molecular weight excluding hydrogens is 483 g/mol. The molecule has 7 nitrogen and oxygen atoms in total. The lowest BCUT2D eigenvalue weighted by molar-refractivity contribution is 0.0758. The molecule has 1 aliphatic heterocycles. The Morgan fingerprint density at radius 1 is 1.08 bits per heavy atom. The molecule has 1 aliphatic rings. The Morgan fingerprint density at radius 3 is 2.44 bits per heavy atom. The van der Waals surface area contributed by atoms with E-state index in [1.54, 1.807) is 51.3 Å². The lowest BCUT2D eigenvalue weighted by Gasteiger charge is -2.39. The fourth-order valence-corrected chi connectivity index (χ4v) is 6.23. The number of aliphatic hydroxyl groups excluding tert-OH is 1. The average molecular weight is 513 g/mol. The number of aliphatic imine (C=N–C) groups is 1. The Kier molecular flexibility index (Phi) is 7.33. The van der Waals surface area contributed by atoms with Gasteiger partial charge in [-0.05, 0) is 55.2 Å². The van der Waals surface area contributed by atoms with Crippen LogP contribution in [0.15, 0.2) is 77.8 Å². The number of benzene rings is 3. The highest BCUT2D eigenvalue weighted by Crippen LogP contribution is 2.40. The van der Waals surface area contributed by atoms with Gasteiger partial charge in [-0.1, -0.05) is 54.6 Å². The van der Waals surface area contributed by atoms with Crippen molar-refractivity contribution in [3.05, 3.63) is 89.7 Å². The summed E-state index contributed by atoms with van der Waals surface area (Å²) >= 11 is 0. The van der Waals surface area contributed by atoms with Crippen LogP contribution in [0.4, 0.5) is 4.39 Å². The van der Waals surface area contributed by atoms with Gasteiger partial charge < -0.3 is 14.6 Å². The molecule has 4 rings (SSSR count). The molecule has 0 amide bonds. The molecule has 9 heteroatoms. The number of nitrogens with zero attached hydrogens (tertiary/aromatic N) is 1. The van der Waals surface area contributed by atoms with E-state index in [0.717, 1.165) is 16.9 Å². The Hall–Kier alpha value is -3.43. The molecule has 3 aromatic carbocycles. The largest absolute Gasteiger partial charge is 0.497 e. The zero-order valence-electron chi connectivity index (χ0n) is 20.3. The third-order valence-electron chi connectivity index (χ3n) is 6.09. The Morgan fingerprint density at radius 2 is 1.81 bits per heavy atom. The highest BCUT2D eigenvalue weighted by Gasteiger charge is 2.48. The molecule has 0 aliphatic carbocycles. The normalized spacial score (nSPS) is 20.2. The minimum atomic E-state index is -3.96. The van der Waals surface area contributed by atoms with Gasteiger partial charge in [0.15, 0.2) is 0 Å². The van der Waals surface area contributed by atoms with E-state index in [1.165, 1.54) is 6.07 Å². The maximum Gasteiger partial charge on any atom is 0.299 e. The van der Waals surface area contributed by atoms with Crippen LogP contribution in [0.2, 0.25) is 0 Å². The van der Waals surface area contributed by atoms with Crippen LogP contribution in [0.1, 0.15) is 42.7 Å². The van der Waals surface area contributed by atoms with E-state index in [1.807, 2.05) is 36.4 Å². The van der Waals surface area contributed by atoms with Crippen molar-refractivity contribution >= 4 is 16.0 Å². The van der Waals surface area contributed by atoms with Crippen LogP contribution >= 0.6 is 0 Å². The maximum atomic E-state index is 14.4. The molecule has 2 N–H and O–H groups in total. The molecular formula is C27H29FN2O5S. The van der Waals surface area contributed by atoms with Crippen LogP contribution < -0.4 is 9.46 Å². The molecule has 0 aromatic heterocycles. The molecule has 0 bridgehead atoms. The van der Waals surface area contributed by atoms with E-state index in [4.69, 9.17) is 9.47 Å². The van der Waals surface area contributed by atoms with Crippen LogP contribution in [0.25, 0.3) is 11.1 Å². The van der Waals surface area contributed by atoms with E-state index in [9.17, 15) is 17.9 Å². The molecule has 1 fully saturated rings. The predicted molar refractivity (Wildman–Crippen MR) is 137 cm³/mol. The highest BCUT2D eigenvalue weighted by molar-refractivity contribution is 7.90. The molecule has 190 valence electrons. The first kappa shape index (κ1) is 25.7. The third kappa shape index (κ3) is 5.37. The standard InChI is InChI=1S/C27H29FN2O5S/c1-27(2)25(19-13-11-18(12-14-19)20-7-6-8-21(17-20)34-3)36(32,33)30-26(35-27)29-24(15-16-31)22-9-4-5-10-23(22)28/h4-14,17,24-25,31H,15-16H2,1-3H3,(H,29,30). The van der Waals surface area contributed by atoms with Gasteiger partial charge in [-0.25, -0.2) is 22.5 Å². The fourth-order valence-electron chi connectivity index (χ4n) is 4.46. The number of sulfonamides is 1. The van der Waals surface area contributed by atoms with E-state index in [2.05, 4.69) is 9.71 Å². The molecule has 1 saturated heterocycles. The quantitative estimate of drug-likeness (QED) is 0.476. The second-order valence-corrected chi connectivity index (χ2v) is 10.8. The monoisotopic (exact) mass is 512 g/mol. The first-order valence-corrected chi connectivity index (χ1v) is 13.1. The fraction of sp³-hybridized carbons (Fsp3) is 0.296. The molecule has 2 atom stereocenters. The maximum absolute atomic E-state index is 14.4. The molecule has 0 saturated carbocycles. The number of hydrogen-bond acceptors (Lipinski definition) is 6. The zero-order valence-corrected chi connectivity index (χ0v) is 21.1. The van der Waals surface area contributed by atoms with Crippen LogP contribution in [-0.2, 0) is 14.8 Å². The molecule has 0 spiro atoms. The lowest BCUT2D eigenvalue weighted by Crippen LogP contribution is -2.53. The topological polar surface area (TPSA) is 97.2 Å². The van der Waals surface area contributed by atoms with E-state index in [-0.39, 0.29) is 24.6 Å². The number of amidine groups is 1. The Bertz CT molecular complexity index is 1360. The number of ether oxygens (including phenoxy) is 2. The van der Waals surface area contributed by atoms with Gasteiger partial charge in [0.2, 0.25) is 10.0 Å². The summed E-state index contributed by atoms with van der Waals surface area (Å²) in [5.41, 5.74) is 1.48. The highest BCUT2D eigenvalue weighted by atomic mass is 32.2.